The van der Waals surface area contributed by atoms with Crippen molar-refractivity contribution >= 4 is 33.4 Å². The van der Waals surface area contributed by atoms with Crippen molar-refractivity contribution in [1.82, 2.24) is 4.90 Å². The van der Waals surface area contributed by atoms with E-state index < -0.39 is 6.10 Å². The molecule has 0 spiro atoms. The predicted molar refractivity (Wildman–Crippen MR) is 137 cm³/mol. The fourth-order valence-electron chi connectivity index (χ4n) is 4.69. The van der Waals surface area contributed by atoms with Gasteiger partial charge in [0.1, 0.15) is 18.0 Å². The van der Waals surface area contributed by atoms with E-state index in [-0.39, 0.29) is 29.9 Å². The first-order valence-electron chi connectivity index (χ1n) is 11.6. The second-order valence-corrected chi connectivity index (χ2v) is 10.2. The Morgan fingerprint density at radius 1 is 1.00 bits per heavy atom. The lowest BCUT2D eigenvalue weighted by molar-refractivity contribution is -0.178. The van der Waals surface area contributed by atoms with Gasteiger partial charge < -0.3 is 9.64 Å². The van der Waals surface area contributed by atoms with Gasteiger partial charge in [-0.15, -0.1) is 0 Å². The second-order valence-electron chi connectivity index (χ2n) is 8.81. The van der Waals surface area contributed by atoms with E-state index in [2.05, 4.69) is 29.8 Å². The van der Waals surface area contributed by atoms with Crippen LogP contribution in [-0.4, -0.2) is 23.0 Å². The maximum Gasteiger partial charge on any atom is 0.252 e. The van der Waals surface area contributed by atoms with Crippen molar-refractivity contribution in [3.63, 3.8) is 0 Å². The minimum absolute atomic E-state index is 0.0283. The van der Waals surface area contributed by atoms with Crippen molar-refractivity contribution < 1.29 is 13.9 Å². The highest BCUT2D eigenvalue weighted by atomic mass is 79.9. The zero-order valence-electron chi connectivity index (χ0n) is 19.3. The summed E-state index contributed by atoms with van der Waals surface area (Å²) in [7, 11) is 0. The van der Waals surface area contributed by atoms with E-state index in [0.717, 1.165) is 34.0 Å². The molecule has 0 bridgehead atoms. The van der Waals surface area contributed by atoms with Gasteiger partial charge in [-0.25, -0.2) is 4.39 Å². The molecule has 0 unspecified atom stereocenters. The molecule has 3 nitrogen and oxygen atoms in total. The van der Waals surface area contributed by atoms with Gasteiger partial charge in [-0.2, -0.15) is 0 Å². The van der Waals surface area contributed by atoms with Gasteiger partial charge in [0.25, 0.3) is 5.91 Å². The molecule has 3 aromatic carbocycles. The number of morpholine rings is 1. The Balaban J connectivity index is 1.78. The Kier molecular flexibility index (Phi) is 8.07. The van der Waals surface area contributed by atoms with Crippen LogP contribution in [0.3, 0.4) is 0 Å². The highest BCUT2D eigenvalue weighted by Gasteiger charge is 2.45. The Bertz CT molecular complexity index is 1100. The molecule has 1 fully saturated rings. The quantitative estimate of drug-likeness (QED) is 0.305. The van der Waals surface area contributed by atoms with E-state index in [0.29, 0.717) is 11.4 Å². The van der Waals surface area contributed by atoms with Crippen molar-refractivity contribution in [1.29, 1.82) is 0 Å². The van der Waals surface area contributed by atoms with Crippen LogP contribution in [-0.2, 0) is 16.0 Å². The van der Waals surface area contributed by atoms with Crippen LogP contribution in [0, 0.1) is 5.82 Å². The second kappa shape index (κ2) is 11.0. The molecule has 3 aromatic rings. The van der Waals surface area contributed by atoms with Gasteiger partial charge in [0, 0.05) is 22.0 Å². The highest BCUT2D eigenvalue weighted by Crippen LogP contribution is 2.44. The minimum atomic E-state index is -0.669. The van der Waals surface area contributed by atoms with Crippen molar-refractivity contribution in [3.05, 3.63) is 105 Å². The lowest BCUT2D eigenvalue weighted by atomic mass is 9.89. The van der Waals surface area contributed by atoms with E-state index in [4.69, 9.17) is 16.3 Å². The molecule has 34 heavy (non-hydrogen) atoms. The number of ether oxygens (including phenoxy) is 1. The van der Waals surface area contributed by atoms with Crippen LogP contribution >= 0.6 is 27.5 Å². The van der Waals surface area contributed by atoms with Crippen LogP contribution in [0.1, 0.15) is 55.5 Å². The molecule has 178 valence electrons. The molecular formula is C28H28BrClFNO2. The molecule has 0 radical (unpaired) electrons. The Labute approximate surface area is 214 Å². The molecule has 1 saturated heterocycles. The SMILES string of the molecule is CCC[C@H](C)N1C(=O)[C@H](Cc2ccc(F)cc2)O[C@@H](c2ccc(Cl)cc2)[C@H]1c1ccc(Br)cc1. The molecular weight excluding hydrogens is 517 g/mol. The average Bonchev–Trinajstić information content (AvgIpc) is 2.83. The standard InChI is InChI=1S/C28H28BrClFNO2/c1-3-4-18(2)32-26(20-7-11-22(29)12-8-20)27(21-9-13-23(30)14-10-21)34-25(28(32)33)17-19-5-15-24(31)16-6-19/h5-16,18,25-27H,3-4,17H2,1-2H3/t18-,25-,26+,27-/m0/s1. The first-order valence-corrected chi connectivity index (χ1v) is 12.8. The topological polar surface area (TPSA) is 29.5 Å². The smallest absolute Gasteiger partial charge is 0.252 e. The molecule has 1 aliphatic rings. The summed E-state index contributed by atoms with van der Waals surface area (Å²) < 4.78 is 21.0. The van der Waals surface area contributed by atoms with Crippen molar-refractivity contribution in [2.75, 3.05) is 0 Å². The molecule has 4 rings (SSSR count). The lowest BCUT2D eigenvalue weighted by Crippen LogP contribution is -2.54. The molecule has 1 amide bonds. The number of hydrogen-bond acceptors (Lipinski definition) is 2. The summed E-state index contributed by atoms with van der Waals surface area (Å²) in [4.78, 5) is 15.9. The van der Waals surface area contributed by atoms with Gasteiger partial charge >= 0.3 is 0 Å². The Hall–Kier alpha value is -2.21. The van der Waals surface area contributed by atoms with E-state index in [9.17, 15) is 9.18 Å². The van der Waals surface area contributed by atoms with Crippen LogP contribution in [0.15, 0.2) is 77.3 Å². The predicted octanol–water partition coefficient (Wildman–Crippen LogP) is 7.68. The summed E-state index contributed by atoms with van der Waals surface area (Å²) in [6, 6.07) is 21.7. The average molecular weight is 545 g/mol. The van der Waals surface area contributed by atoms with E-state index in [1.807, 2.05) is 53.4 Å². The minimum Gasteiger partial charge on any atom is -0.358 e. The van der Waals surface area contributed by atoms with Gasteiger partial charge in [0.15, 0.2) is 0 Å². The van der Waals surface area contributed by atoms with Crippen LogP contribution in [0.4, 0.5) is 4.39 Å². The normalized spacial score (nSPS) is 21.5. The third-order valence-electron chi connectivity index (χ3n) is 6.35. The van der Waals surface area contributed by atoms with Crippen molar-refractivity contribution in [2.45, 2.75) is 57.4 Å². The number of benzene rings is 3. The van der Waals surface area contributed by atoms with Gasteiger partial charge in [0.2, 0.25) is 0 Å². The molecule has 0 N–H and O–H groups in total. The van der Waals surface area contributed by atoms with Crippen LogP contribution in [0.25, 0.3) is 0 Å². The zero-order chi connectivity index (χ0) is 24.2. The summed E-state index contributed by atoms with van der Waals surface area (Å²) in [5, 5.41) is 0.648. The Morgan fingerprint density at radius 2 is 1.62 bits per heavy atom. The maximum absolute atomic E-state index is 13.9. The Morgan fingerprint density at radius 3 is 2.24 bits per heavy atom. The van der Waals surface area contributed by atoms with Gasteiger partial charge in [-0.3, -0.25) is 4.79 Å². The molecule has 1 aliphatic heterocycles. The van der Waals surface area contributed by atoms with Crippen molar-refractivity contribution in [2.24, 2.45) is 0 Å². The summed E-state index contributed by atoms with van der Waals surface area (Å²) >= 11 is 9.69. The molecule has 6 heteroatoms. The van der Waals surface area contributed by atoms with Crippen LogP contribution in [0.5, 0.6) is 0 Å². The molecule has 4 atom stereocenters. The van der Waals surface area contributed by atoms with Gasteiger partial charge in [-0.1, -0.05) is 77.3 Å². The number of amides is 1. The lowest BCUT2D eigenvalue weighted by Gasteiger charge is -2.47. The van der Waals surface area contributed by atoms with Gasteiger partial charge in [0.05, 0.1) is 6.04 Å². The fourth-order valence-corrected chi connectivity index (χ4v) is 5.08. The number of halogens is 3. The third kappa shape index (κ3) is 5.54. The third-order valence-corrected chi connectivity index (χ3v) is 7.13. The number of carbonyl (C=O) groups excluding carboxylic acids is 1. The highest BCUT2D eigenvalue weighted by molar-refractivity contribution is 9.10. The van der Waals surface area contributed by atoms with E-state index in [1.165, 1.54) is 12.1 Å². The van der Waals surface area contributed by atoms with Gasteiger partial charge in [-0.05, 0) is 66.4 Å². The molecule has 1 heterocycles. The van der Waals surface area contributed by atoms with Crippen LogP contribution < -0.4 is 0 Å². The number of nitrogens with zero attached hydrogens (tertiary/aromatic N) is 1. The summed E-state index contributed by atoms with van der Waals surface area (Å²) in [6.45, 7) is 4.23. The summed E-state index contributed by atoms with van der Waals surface area (Å²) in [5.74, 6) is -0.337. The summed E-state index contributed by atoms with van der Waals surface area (Å²) in [6.07, 6.45) is 1.19. The molecule has 0 saturated carbocycles. The van der Waals surface area contributed by atoms with Crippen molar-refractivity contribution in [3.8, 4) is 0 Å². The fraction of sp³-hybridized carbons (Fsp3) is 0.321. The van der Waals surface area contributed by atoms with E-state index in [1.54, 1.807) is 12.1 Å². The summed E-state index contributed by atoms with van der Waals surface area (Å²) in [5.41, 5.74) is 2.84. The van der Waals surface area contributed by atoms with Crippen LogP contribution in [0.2, 0.25) is 5.02 Å². The largest absolute Gasteiger partial charge is 0.358 e. The monoisotopic (exact) mass is 543 g/mol. The number of hydrogen-bond donors (Lipinski definition) is 0. The molecule has 0 aliphatic carbocycles. The number of carbonyl (C=O) groups is 1. The first kappa shape index (κ1) is 24.9. The number of rotatable bonds is 7. The van der Waals surface area contributed by atoms with E-state index >= 15 is 0 Å². The molecule has 0 aromatic heterocycles. The first-order chi connectivity index (χ1) is 16.4. The zero-order valence-corrected chi connectivity index (χ0v) is 21.6. The maximum atomic E-state index is 13.9.